The predicted molar refractivity (Wildman–Crippen MR) is 65.4 cm³/mol. The number of carbonyl (C=O) groups is 3. The zero-order chi connectivity index (χ0) is 14.3. The van der Waals surface area contributed by atoms with Crippen molar-refractivity contribution in [2.75, 3.05) is 0 Å². The zero-order valence-electron chi connectivity index (χ0n) is 10.7. The molecule has 6 N–H and O–H groups in total. The van der Waals surface area contributed by atoms with Crippen molar-refractivity contribution in [3.8, 4) is 0 Å². The quantitative estimate of drug-likeness (QED) is 0.452. The number of rotatable bonds is 8. The van der Waals surface area contributed by atoms with E-state index < -0.39 is 29.9 Å². The van der Waals surface area contributed by atoms with Crippen LogP contribution in [-0.2, 0) is 14.4 Å². The molecule has 18 heavy (non-hydrogen) atoms. The van der Waals surface area contributed by atoms with Crippen molar-refractivity contribution in [3.63, 3.8) is 0 Å². The van der Waals surface area contributed by atoms with Gasteiger partial charge in [-0.25, -0.2) is 4.79 Å². The third-order valence-electron chi connectivity index (χ3n) is 2.36. The van der Waals surface area contributed by atoms with Crippen molar-refractivity contribution >= 4 is 17.8 Å². The van der Waals surface area contributed by atoms with Crippen LogP contribution in [0.2, 0.25) is 0 Å². The second-order valence-corrected chi connectivity index (χ2v) is 4.64. The molecule has 0 spiro atoms. The first kappa shape index (κ1) is 16.4. The first-order chi connectivity index (χ1) is 8.23. The highest BCUT2D eigenvalue weighted by atomic mass is 16.4. The Morgan fingerprint density at radius 1 is 1.28 bits per heavy atom. The number of nitrogens with two attached hydrogens (primary N) is 2. The number of hydrogen-bond donors (Lipinski definition) is 4. The highest BCUT2D eigenvalue weighted by molar-refractivity contribution is 5.87. The van der Waals surface area contributed by atoms with Gasteiger partial charge >= 0.3 is 5.97 Å². The number of carbonyl (C=O) groups excluding carboxylic acids is 2. The van der Waals surface area contributed by atoms with Crippen LogP contribution in [0.15, 0.2) is 0 Å². The SMILES string of the molecule is CC(C)CC(NC(=O)C(N)CCC(N)=O)C(=O)O. The van der Waals surface area contributed by atoms with Crippen molar-refractivity contribution in [2.45, 2.75) is 45.2 Å². The van der Waals surface area contributed by atoms with Crippen molar-refractivity contribution < 1.29 is 19.5 Å². The minimum absolute atomic E-state index is 0.00347. The first-order valence-electron chi connectivity index (χ1n) is 5.81. The van der Waals surface area contributed by atoms with E-state index in [2.05, 4.69) is 5.32 Å². The molecule has 2 unspecified atom stereocenters. The van der Waals surface area contributed by atoms with E-state index in [1.54, 1.807) is 0 Å². The van der Waals surface area contributed by atoms with E-state index in [0.717, 1.165) is 0 Å². The topological polar surface area (TPSA) is 136 Å². The van der Waals surface area contributed by atoms with E-state index in [0.29, 0.717) is 6.42 Å². The number of aliphatic carboxylic acids is 1. The average molecular weight is 259 g/mol. The Morgan fingerprint density at radius 3 is 2.22 bits per heavy atom. The van der Waals surface area contributed by atoms with Crippen LogP contribution in [0.5, 0.6) is 0 Å². The summed E-state index contributed by atoms with van der Waals surface area (Å²) in [4.78, 5) is 33.1. The summed E-state index contributed by atoms with van der Waals surface area (Å²) in [6, 6.07) is -1.89. The average Bonchev–Trinajstić information content (AvgIpc) is 2.23. The number of carboxylic acids is 1. The summed E-state index contributed by atoms with van der Waals surface area (Å²) in [6.07, 6.45) is 0.426. The summed E-state index contributed by atoms with van der Waals surface area (Å²) < 4.78 is 0. The molecule has 0 aliphatic rings. The summed E-state index contributed by atoms with van der Waals surface area (Å²) in [6.45, 7) is 3.71. The maximum absolute atomic E-state index is 11.6. The van der Waals surface area contributed by atoms with Gasteiger partial charge in [-0.05, 0) is 18.8 Å². The molecular formula is C11H21N3O4. The van der Waals surface area contributed by atoms with Gasteiger partial charge in [-0.15, -0.1) is 0 Å². The maximum Gasteiger partial charge on any atom is 0.326 e. The van der Waals surface area contributed by atoms with Gasteiger partial charge in [0, 0.05) is 6.42 Å². The highest BCUT2D eigenvalue weighted by Gasteiger charge is 2.24. The van der Waals surface area contributed by atoms with E-state index in [9.17, 15) is 14.4 Å². The Morgan fingerprint density at radius 2 is 1.83 bits per heavy atom. The minimum Gasteiger partial charge on any atom is -0.480 e. The van der Waals surface area contributed by atoms with E-state index in [1.165, 1.54) is 0 Å². The Labute approximate surface area is 106 Å². The summed E-state index contributed by atoms with van der Waals surface area (Å²) in [5, 5.41) is 11.3. The second-order valence-electron chi connectivity index (χ2n) is 4.64. The van der Waals surface area contributed by atoms with E-state index in [1.807, 2.05) is 13.8 Å². The number of primary amides is 1. The molecule has 0 fully saturated rings. The smallest absolute Gasteiger partial charge is 0.326 e. The molecule has 0 aromatic carbocycles. The Hall–Kier alpha value is -1.63. The normalized spacial score (nSPS) is 14.0. The fourth-order valence-corrected chi connectivity index (χ4v) is 1.40. The van der Waals surface area contributed by atoms with Crippen molar-refractivity contribution in [2.24, 2.45) is 17.4 Å². The lowest BCUT2D eigenvalue weighted by molar-refractivity contribution is -0.142. The lowest BCUT2D eigenvalue weighted by atomic mass is 10.0. The first-order valence-corrected chi connectivity index (χ1v) is 5.81. The van der Waals surface area contributed by atoms with Crippen LogP contribution >= 0.6 is 0 Å². The number of amides is 2. The molecule has 0 aromatic heterocycles. The molecular weight excluding hydrogens is 238 g/mol. The molecule has 0 rings (SSSR count). The number of hydrogen-bond acceptors (Lipinski definition) is 4. The molecule has 2 atom stereocenters. The van der Waals surface area contributed by atoms with Gasteiger partial charge in [0.15, 0.2) is 0 Å². The van der Waals surface area contributed by atoms with Crippen LogP contribution in [0.4, 0.5) is 0 Å². The van der Waals surface area contributed by atoms with Gasteiger partial charge in [0.25, 0.3) is 0 Å². The van der Waals surface area contributed by atoms with Gasteiger partial charge in [-0.3, -0.25) is 9.59 Å². The second kappa shape index (κ2) is 7.65. The van der Waals surface area contributed by atoms with Gasteiger partial charge in [0.1, 0.15) is 6.04 Å². The van der Waals surface area contributed by atoms with Crippen LogP contribution in [0.1, 0.15) is 33.1 Å². The van der Waals surface area contributed by atoms with Gasteiger partial charge < -0.3 is 21.9 Å². The standard InChI is InChI=1S/C11H21N3O4/c1-6(2)5-8(11(17)18)14-10(16)7(12)3-4-9(13)15/h6-8H,3-5,12H2,1-2H3,(H2,13,15)(H,14,16)(H,17,18). The summed E-state index contributed by atoms with van der Waals surface area (Å²) >= 11 is 0. The highest BCUT2D eigenvalue weighted by Crippen LogP contribution is 2.05. The molecule has 0 heterocycles. The maximum atomic E-state index is 11.6. The Kier molecular flexibility index (Phi) is 6.96. The molecule has 104 valence electrons. The number of nitrogens with one attached hydrogen (secondary N) is 1. The largest absolute Gasteiger partial charge is 0.480 e. The van der Waals surface area contributed by atoms with Gasteiger partial charge in [0.05, 0.1) is 6.04 Å². The molecule has 7 nitrogen and oxygen atoms in total. The molecule has 0 radical (unpaired) electrons. The Bertz CT molecular complexity index is 317. The summed E-state index contributed by atoms with van der Waals surface area (Å²) in [5.41, 5.74) is 10.5. The summed E-state index contributed by atoms with van der Waals surface area (Å²) in [7, 11) is 0. The lowest BCUT2D eigenvalue weighted by Crippen LogP contribution is -2.49. The monoisotopic (exact) mass is 259 g/mol. The lowest BCUT2D eigenvalue weighted by Gasteiger charge is -2.19. The van der Waals surface area contributed by atoms with Crippen LogP contribution in [0.25, 0.3) is 0 Å². The van der Waals surface area contributed by atoms with E-state index in [4.69, 9.17) is 16.6 Å². The molecule has 2 amide bonds. The Balaban J connectivity index is 4.31. The fourth-order valence-electron chi connectivity index (χ4n) is 1.40. The number of carboxylic acid groups (broad SMARTS) is 1. The van der Waals surface area contributed by atoms with Crippen molar-refractivity contribution in [1.29, 1.82) is 0 Å². The van der Waals surface area contributed by atoms with Gasteiger partial charge in [-0.1, -0.05) is 13.8 Å². The molecule has 7 heteroatoms. The van der Waals surface area contributed by atoms with Gasteiger partial charge in [0.2, 0.25) is 11.8 Å². The zero-order valence-corrected chi connectivity index (χ0v) is 10.7. The molecule has 0 bridgehead atoms. The van der Waals surface area contributed by atoms with Crippen molar-refractivity contribution in [1.82, 2.24) is 5.32 Å². The third-order valence-corrected chi connectivity index (χ3v) is 2.36. The van der Waals surface area contributed by atoms with E-state index >= 15 is 0 Å². The molecule has 0 aromatic rings. The molecule has 0 saturated carbocycles. The fraction of sp³-hybridized carbons (Fsp3) is 0.727. The predicted octanol–water partition coefficient (Wildman–Crippen LogP) is -0.805. The minimum atomic E-state index is -1.10. The molecule has 0 saturated heterocycles. The third kappa shape index (κ3) is 6.85. The van der Waals surface area contributed by atoms with E-state index in [-0.39, 0.29) is 18.8 Å². The van der Waals surface area contributed by atoms with Crippen LogP contribution < -0.4 is 16.8 Å². The molecule has 0 aliphatic carbocycles. The van der Waals surface area contributed by atoms with Crippen molar-refractivity contribution in [3.05, 3.63) is 0 Å². The summed E-state index contributed by atoms with van der Waals surface area (Å²) in [5.74, 6) is -2.09. The van der Waals surface area contributed by atoms with Crippen LogP contribution in [0, 0.1) is 5.92 Å². The molecule has 0 aliphatic heterocycles. The van der Waals surface area contributed by atoms with Crippen LogP contribution in [-0.4, -0.2) is 35.0 Å². The van der Waals surface area contributed by atoms with Gasteiger partial charge in [-0.2, -0.15) is 0 Å². The van der Waals surface area contributed by atoms with Crippen LogP contribution in [0.3, 0.4) is 0 Å².